The summed E-state index contributed by atoms with van der Waals surface area (Å²) in [4.78, 5) is 0. The predicted octanol–water partition coefficient (Wildman–Crippen LogP) is 1.48. The molecule has 0 radical (unpaired) electrons. The van der Waals surface area contributed by atoms with Gasteiger partial charge in [-0.3, -0.25) is 0 Å². The summed E-state index contributed by atoms with van der Waals surface area (Å²) >= 11 is 0. The maximum absolute atomic E-state index is 8.94. The Morgan fingerprint density at radius 3 is 2.44 bits per heavy atom. The molecule has 0 saturated carbocycles. The average molecular weight is 220 g/mol. The first-order chi connectivity index (χ1) is 7.79. The van der Waals surface area contributed by atoms with Gasteiger partial charge in [0.15, 0.2) is 0 Å². The minimum absolute atomic E-state index is 0.280. The fraction of sp³-hybridized carbons (Fsp3) is 0.417. The van der Waals surface area contributed by atoms with Crippen molar-refractivity contribution in [1.29, 1.82) is 0 Å². The van der Waals surface area contributed by atoms with Crippen molar-refractivity contribution in [2.24, 2.45) is 10.9 Å². The predicted molar refractivity (Wildman–Crippen MR) is 61.6 cm³/mol. The molecule has 0 amide bonds. The Kier molecular flexibility index (Phi) is 3.10. The minimum Gasteiger partial charge on any atom is -0.409 e. The van der Waals surface area contributed by atoms with Crippen LogP contribution in [0.5, 0.6) is 0 Å². The van der Waals surface area contributed by atoms with E-state index in [1.54, 1.807) is 0 Å². The molecule has 0 unspecified atom stereocenters. The molecule has 1 aromatic carbocycles. The van der Waals surface area contributed by atoms with Crippen molar-refractivity contribution >= 4 is 5.84 Å². The second-order valence-corrected chi connectivity index (χ2v) is 4.05. The van der Waals surface area contributed by atoms with Crippen LogP contribution in [0.25, 0.3) is 0 Å². The van der Waals surface area contributed by atoms with Gasteiger partial charge >= 0.3 is 0 Å². The maximum atomic E-state index is 8.94. The van der Waals surface area contributed by atoms with E-state index < -0.39 is 0 Å². The van der Waals surface area contributed by atoms with Gasteiger partial charge in [0.2, 0.25) is 0 Å². The monoisotopic (exact) mass is 220 g/mol. The first-order valence-corrected chi connectivity index (χ1v) is 5.41. The molecule has 86 valence electrons. The molecule has 0 aromatic heterocycles. The van der Waals surface area contributed by atoms with Gasteiger partial charge in [-0.05, 0) is 18.4 Å². The lowest BCUT2D eigenvalue weighted by atomic mass is 9.73. The lowest BCUT2D eigenvalue weighted by Crippen LogP contribution is -2.45. The topological polar surface area (TPSA) is 67.8 Å². The van der Waals surface area contributed by atoms with E-state index in [2.05, 4.69) is 5.16 Å². The Morgan fingerprint density at radius 1 is 1.25 bits per heavy atom. The number of nitrogens with two attached hydrogens (primary N) is 1. The largest absolute Gasteiger partial charge is 0.409 e. The summed E-state index contributed by atoms with van der Waals surface area (Å²) < 4.78 is 5.35. The molecule has 16 heavy (non-hydrogen) atoms. The Bertz CT molecular complexity index is 370. The molecule has 0 aliphatic carbocycles. The molecule has 4 nitrogen and oxygen atoms in total. The van der Waals surface area contributed by atoms with E-state index in [9.17, 15) is 0 Å². The van der Waals surface area contributed by atoms with Gasteiger partial charge in [0.05, 0.1) is 5.41 Å². The first-order valence-electron chi connectivity index (χ1n) is 5.41. The molecule has 1 heterocycles. The van der Waals surface area contributed by atoms with E-state index in [0.29, 0.717) is 13.2 Å². The third kappa shape index (κ3) is 1.76. The fourth-order valence-electron chi connectivity index (χ4n) is 2.27. The molecule has 1 aliphatic heterocycles. The molecule has 0 atom stereocenters. The summed E-state index contributed by atoms with van der Waals surface area (Å²) in [5.74, 6) is 0.280. The van der Waals surface area contributed by atoms with Crippen molar-refractivity contribution in [3.63, 3.8) is 0 Å². The number of hydrogen-bond acceptors (Lipinski definition) is 3. The summed E-state index contributed by atoms with van der Waals surface area (Å²) in [7, 11) is 0. The number of nitrogens with zero attached hydrogens (tertiary/aromatic N) is 1. The summed E-state index contributed by atoms with van der Waals surface area (Å²) in [6.07, 6.45) is 1.51. The van der Waals surface area contributed by atoms with Crippen LogP contribution in [0.2, 0.25) is 0 Å². The zero-order valence-electron chi connectivity index (χ0n) is 9.10. The van der Waals surface area contributed by atoms with Crippen molar-refractivity contribution < 1.29 is 9.94 Å². The van der Waals surface area contributed by atoms with Gasteiger partial charge in [0.1, 0.15) is 5.84 Å². The molecule has 1 fully saturated rings. The minimum atomic E-state index is -0.367. The van der Waals surface area contributed by atoms with E-state index >= 15 is 0 Å². The molecule has 0 bridgehead atoms. The SMILES string of the molecule is NC(=NO)C1(c2ccccc2)CCOCC1. The van der Waals surface area contributed by atoms with Crippen LogP contribution < -0.4 is 5.73 Å². The Morgan fingerprint density at radius 2 is 1.88 bits per heavy atom. The number of amidine groups is 1. The van der Waals surface area contributed by atoms with Crippen LogP contribution in [-0.2, 0) is 10.2 Å². The lowest BCUT2D eigenvalue weighted by molar-refractivity contribution is 0.0695. The van der Waals surface area contributed by atoms with Crippen molar-refractivity contribution in [2.45, 2.75) is 18.3 Å². The van der Waals surface area contributed by atoms with E-state index in [0.717, 1.165) is 18.4 Å². The first kappa shape index (κ1) is 11.0. The lowest BCUT2D eigenvalue weighted by Gasteiger charge is -2.36. The van der Waals surface area contributed by atoms with Crippen LogP contribution in [0.3, 0.4) is 0 Å². The molecule has 1 aromatic rings. The van der Waals surface area contributed by atoms with Gasteiger partial charge < -0.3 is 15.7 Å². The summed E-state index contributed by atoms with van der Waals surface area (Å²) in [6, 6.07) is 9.93. The zero-order chi connectivity index (χ0) is 11.4. The highest BCUT2D eigenvalue weighted by molar-refractivity contribution is 5.91. The molecule has 4 heteroatoms. The van der Waals surface area contributed by atoms with Crippen molar-refractivity contribution in [2.75, 3.05) is 13.2 Å². The maximum Gasteiger partial charge on any atom is 0.149 e. The van der Waals surface area contributed by atoms with Crippen LogP contribution >= 0.6 is 0 Å². The molecule has 1 saturated heterocycles. The van der Waals surface area contributed by atoms with Gasteiger partial charge in [-0.2, -0.15) is 0 Å². The van der Waals surface area contributed by atoms with Crippen LogP contribution in [0, 0.1) is 0 Å². The second kappa shape index (κ2) is 4.53. The third-order valence-electron chi connectivity index (χ3n) is 3.27. The number of benzene rings is 1. The van der Waals surface area contributed by atoms with Crippen molar-refractivity contribution in [3.8, 4) is 0 Å². The highest BCUT2D eigenvalue weighted by Gasteiger charge is 2.38. The van der Waals surface area contributed by atoms with Crippen LogP contribution in [-0.4, -0.2) is 24.3 Å². The van der Waals surface area contributed by atoms with Gasteiger partial charge in [0.25, 0.3) is 0 Å². The third-order valence-corrected chi connectivity index (χ3v) is 3.27. The Labute approximate surface area is 94.7 Å². The Hall–Kier alpha value is -1.55. The average Bonchev–Trinajstić information content (AvgIpc) is 2.39. The number of oxime groups is 1. The Balaban J connectivity index is 2.42. The van der Waals surface area contributed by atoms with E-state index in [1.165, 1.54) is 0 Å². The molecule has 2 rings (SSSR count). The molecular weight excluding hydrogens is 204 g/mol. The van der Waals surface area contributed by atoms with Gasteiger partial charge in [0, 0.05) is 13.2 Å². The standard InChI is InChI=1S/C12H16N2O2/c13-11(14-15)12(6-8-16-9-7-12)10-4-2-1-3-5-10/h1-5,15H,6-9H2,(H2,13,14). The quantitative estimate of drug-likeness (QED) is 0.343. The zero-order valence-corrected chi connectivity index (χ0v) is 9.10. The summed E-state index contributed by atoms with van der Waals surface area (Å²) in [5, 5.41) is 12.1. The van der Waals surface area contributed by atoms with Crippen molar-refractivity contribution in [3.05, 3.63) is 35.9 Å². The smallest absolute Gasteiger partial charge is 0.149 e. The van der Waals surface area contributed by atoms with E-state index in [-0.39, 0.29) is 11.3 Å². The van der Waals surface area contributed by atoms with E-state index in [1.807, 2.05) is 30.3 Å². The molecule has 1 aliphatic rings. The number of ether oxygens (including phenoxy) is 1. The normalized spacial score (nSPS) is 20.6. The fourth-order valence-corrected chi connectivity index (χ4v) is 2.27. The molecule has 3 N–H and O–H groups in total. The van der Waals surface area contributed by atoms with Gasteiger partial charge in [-0.25, -0.2) is 0 Å². The van der Waals surface area contributed by atoms with Crippen LogP contribution in [0.4, 0.5) is 0 Å². The summed E-state index contributed by atoms with van der Waals surface area (Å²) in [5.41, 5.74) is 6.58. The molecular formula is C12H16N2O2. The van der Waals surface area contributed by atoms with Crippen LogP contribution in [0.15, 0.2) is 35.5 Å². The highest BCUT2D eigenvalue weighted by Crippen LogP contribution is 2.34. The second-order valence-electron chi connectivity index (χ2n) is 4.05. The van der Waals surface area contributed by atoms with Gasteiger partial charge in [-0.15, -0.1) is 0 Å². The highest BCUT2D eigenvalue weighted by atomic mass is 16.5. The van der Waals surface area contributed by atoms with Crippen molar-refractivity contribution in [1.82, 2.24) is 0 Å². The number of hydrogen-bond donors (Lipinski definition) is 2. The molecule has 0 spiro atoms. The van der Waals surface area contributed by atoms with Gasteiger partial charge in [-0.1, -0.05) is 35.5 Å². The summed E-state index contributed by atoms with van der Waals surface area (Å²) in [6.45, 7) is 1.29. The van der Waals surface area contributed by atoms with Crippen LogP contribution in [0.1, 0.15) is 18.4 Å². The van der Waals surface area contributed by atoms with E-state index in [4.69, 9.17) is 15.7 Å². The number of rotatable bonds is 2.